The highest BCUT2D eigenvalue weighted by atomic mass is 16.6. The molecular formula is C15H21NO4. The molecule has 1 N–H and O–H groups in total. The van der Waals surface area contributed by atoms with E-state index in [0.29, 0.717) is 18.5 Å². The minimum atomic E-state index is -0.958. The fourth-order valence-electron chi connectivity index (χ4n) is 2.80. The first-order chi connectivity index (χ1) is 9.26. The molecule has 0 bridgehead atoms. The molecule has 1 aliphatic rings. The molecule has 0 aromatic carbocycles. The molecule has 2 rings (SSSR count). The zero-order chi connectivity index (χ0) is 15.0. The van der Waals surface area contributed by atoms with Crippen molar-refractivity contribution < 1.29 is 19.4 Å². The van der Waals surface area contributed by atoms with Crippen LogP contribution in [-0.4, -0.2) is 27.3 Å². The van der Waals surface area contributed by atoms with E-state index in [9.17, 15) is 14.7 Å². The quantitative estimate of drug-likeness (QED) is 0.902. The van der Waals surface area contributed by atoms with Crippen molar-refractivity contribution in [1.29, 1.82) is 0 Å². The lowest BCUT2D eigenvalue weighted by Gasteiger charge is -2.26. The highest BCUT2D eigenvalue weighted by Gasteiger charge is 2.45. The van der Waals surface area contributed by atoms with E-state index >= 15 is 0 Å². The third kappa shape index (κ3) is 2.57. The van der Waals surface area contributed by atoms with Crippen molar-refractivity contribution in [2.75, 3.05) is 0 Å². The molecule has 1 saturated carbocycles. The SMILES string of the molecule is CC(C)(C)OC(=O)n1cccc1C1(C(=O)O)CCCC1. The summed E-state index contributed by atoms with van der Waals surface area (Å²) in [4.78, 5) is 23.9. The molecule has 1 heterocycles. The Morgan fingerprint density at radius 1 is 1.30 bits per heavy atom. The number of aromatic nitrogens is 1. The number of carbonyl (C=O) groups is 2. The maximum absolute atomic E-state index is 12.2. The van der Waals surface area contributed by atoms with E-state index in [4.69, 9.17) is 4.74 Å². The average molecular weight is 279 g/mol. The van der Waals surface area contributed by atoms with Gasteiger partial charge in [-0.2, -0.15) is 0 Å². The van der Waals surface area contributed by atoms with Crippen molar-refractivity contribution in [2.24, 2.45) is 0 Å². The first kappa shape index (κ1) is 14.6. The number of carbonyl (C=O) groups excluding carboxylic acids is 1. The van der Waals surface area contributed by atoms with Crippen molar-refractivity contribution in [3.8, 4) is 0 Å². The van der Waals surface area contributed by atoms with Crippen LogP contribution in [0.1, 0.15) is 52.1 Å². The summed E-state index contributed by atoms with van der Waals surface area (Å²) in [6.07, 6.45) is 3.92. The smallest absolute Gasteiger partial charge is 0.418 e. The minimum Gasteiger partial charge on any atom is -0.481 e. The van der Waals surface area contributed by atoms with E-state index in [1.165, 1.54) is 4.57 Å². The number of carboxylic acid groups (broad SMARTS) is 1. The van der Waals surface area contributed by atoms with Crippen molar-refractivity contribution >= 4 is 12.1 Å². The number of ether oxygens (including phenoxy) is 1. The van der Waals surface area contributed by atoms with Gasteiger partial charge in [0.05, 0.1) is 0 Å². The lowest BCUT2D eigenvalue weighted by atomic mass is 9.82. The molecule has 5 nitrogen and oxygen atoms in total. The lowest BCUT2D eigenvalue weighted by molar-refractivity contribution is -0.143. The molecule has 20 heavy (non-hydrogen) atoms. The van der Waals surface area contributed by atoms with Crippen LogP contribution in [0.15, 0.2) is 18.3 Å². The van der Waals surface area contributed by atoms with Crippen LogP contribution in [0.3, 0.4) is 0 Å². The van der Waals surface area contributed by atoms with Crippen LogP contribution in [0.2, 0.25) is 0 Å². The predicted octanol–water partition coefficient (Wildman–Crippen LogP) is 3.17. The number of hydrogen-bond acceptors (Lipinski definition) is 3. The Morgan fingerprint density at radius 2 is 1.90 bits per heavy atom. The second-order valence-corrected chi connectivity index (χ2v) is 6.34. The number of aliphatic carboxylic acids is 1. The van der Waals surface area contributed by atoms with Gasteiger partial charge in [-0.25, -0.2) is 4.79 Å². The Bertz CT molecular complexity index is 518. The molecule has 1 fully saturated rings. The van der Waals surface area contributed by atoms with Gasteiger partial charge in [0.25, 0.3) is 0 Å². The molecule has 110 valence electrons. The maximum atomic E-state index is 12.2. The molecule has 0 unspecified atom stereocenters. The summed E-state index contributed by atoms with van der Waals surface area (Å²) in [5, 5.41) is 9.61. The average Bonchev–Trinajstić information content (AvgIpc) is 2.96. The highest BCUT2D eigenvalue weighted by Crippen LogP contribution is 2.41. The van der Waals surface area contributed by atoms with Crippen LogP contribution >= 0.6 is 0 Å². The zero-order valence-corrected chi connectivity index (χ0v) is 12.2. The summed E-state index contributed by atoms with van der Waals surface area (Å²) in [5.41, 5.74) is -1.04. The summed E-state index contributed by atoms with van der Waals surface area (Å²) in [6, 6.07) is 3.41. The third-order valence-corrected chi connectivity index (χ3v) is 3.70. The summed E-state index contributed by atoms with van der Waals surface area (Å²) >= 11 is 0. The van der Waals surface area contributed by atoms with Crippen LogP contribution in [0, 0.1) is 0 Å². The van der Waals surface area contributed by atoms with Crippen molar-refractivity contribution in [2.45, 2.75) is 57.5 Å². The summed E-state index contributed by atoms with van der Waals surface area (Å²) in [5.74, 6) is -0.862. The number of nitrogens with zero attached hydrogens (tertiary/aromatic N) is 1. The first-order valence-electron chi connectivity index (χ1n) is 6.91. The van der Waals surface area contributed by atoms with E-state index in [2.05, 4.69) is 0 Å². The molecule has 0 radical (unpaired) electrons. The Morgan fingerprint density at radius 3 is 2.40 bits per heavy atom. The standard InChI is InChI=1S/C15H21NO4/c1-14(2,3)20-13(19)16-10-6-7-11(16)15(12(17)18)8-4-5-9-15/h6-7,10H,4-5,8-9H2,1-3H3,(H,17,18). The Balaban J connectivity index is 2.37. The normalized spacial score (nSPS) is 17.9. The Hall–Kier alpha value is -1.78. The van der Waals surface area contributed by atoms with Crippen molar-refractivity contribution in [1.82, 2.24) is 4.57 Å². The van der Waals surface area contributed by atoms with E-state index < -0.39 is 23.1 Å². The monoisotopic (exact) mass is 279 g/mol. The molecule has 1 aromatic rings. The lowest BCUT2D eigenvalue weighted by Crippen LogP contribution is -2.37. The van der Waals surface area contributed by atoms with Gasteiger partial charge in [0, 0.05) is 11.9 Å². The highest BCUT2D eigenvalue weighted by molar-refractivity contribution is 5.83. The van der Waals surface area contributed by atoms with E-state index in [0.717, 1.165) is 12.8 Å². The molecule has 0 atom stereocenters. The number of rotatable bonds is 2. The van der Waals surface area contributed by atoms with E-state index in [1.54, 1.807) is 39.1 Å². The van der Waals surface area contributed by atoms with E-state index in [-0.39, 0.29) is 0 Å². The van der Waals surface area contributed by atoms with Gasteiger partial charge >= 0.3 is 12.1 Å². The Labute approximate surface area is 118 Å². The molecule has 1 aliphatic carbocycles. The molecule has 0 saturated heterocycles. The van der Waals surface area contributed by atoms with Gasteiger partial charge < -0.3 is 9.84 Å². The molecular weight excluding hydrogens is 258 g/mol. The second kappa shape index (κ2) is 4.96. The van der Waals surface area contributed by atoms with Gasteiger partial charge in [-0.3, -0.25) is 9.36 Å². The second-order valence-electron chi connectivity index (χ2n) is 6.34. The van der Waals surface area contributed by atoms with Gasteiger partial charge in [0.2, 0.25) is 0 Å². The van der Waals surface area contributed by atoms with E-state index in [1.807, 2.05) is 0 Å². The van der Waals surface area contributed by atoms with Gasteiger partial charge in [-0.15, -0.1) is 0 Å². The molecule has 0 spiro atoms. The fourth-order valence-corrected chi connectivity index (χ4v) is 2.80. The number of carboxylic acids is 1. The van der Waals surface area contributed by atoms with Crippen molar-refractivity contribution in [3.63, 3.8) is 0 Å². The van der Waals surface area contributed by atoms with Crippen LogP contribution in [0.4, 0.5) is 4.79 Å². The molecule has 5 heteroatoms. The minimum absolute atomic E-state index is 0.523. The summed E-state index contributed by atoms with van der Waals surface area (Å²) in [7, 11) is 0. The fraction of sp³-hybridized carbons (Fsp3) is 0.600. The first-order valence-corrected chi connectivity index (χ1v) is 6.91. The van der Waals surface area contributed by atoms with Crippen LogP contribution in [-0.2, 0) is 14.9 Å². The number of hydrogen-bond donors (Lipinski definition) is 1. The summed E-state index contributed by atoms with van der Waals surface area (Å²) < 4.78 is 6.68. The van der Waals surface area contributed by atoms with Crippen LogP contribution < -0.4 is 0 Å². The summed E-state index contributed by atoms with van der Waals surface area (Å²) in [6.45, 7) is 5.36. The molecule has 0 amide bonds. The molecule has 1 aromatic heterocycles. The Kier molecular flexibility index (Phi) is 3.63. The van der Waals surface area contributed by atoms with Crippen molar-refractivity contribution in [3.05, 3.63) is 24.0 Å². The van der Waals surface area contributed by atoms with Crippen LogP contribution in [0.25, 0.3) is 0 Å². The van der Waals surface area contributed by atoms with Gasteiger partial charge in [0.15, 0.2) is 0 Å². The van der Waals surface area contributed by atoms with Gasteiger partial charge in [-0.05, 0) is 45.7 Å². The van der Waals surface area contributed by atoms with Gasteiger partial charge in [0.1, 0.15) is 11.0 Å². The topological polar surface area (TPSA) is 68.5 Å². The zero-order valence-electron chi connectivity index (χ0n) is 12.2. The third-order valence-electron chi connectivity index (χ3n) is 3.70. The maximum Gasteiger partial charge on any atom is 0.418 e. The van der Waals surface area contributed by atoms with Gasteiger partial charge in [-0.1, -0.05) is 12.8 Å². The molecule has 0 aliphatic heterocycles. The predicted molar refractivity (Wildman–Crippen MR) is 73.8 cm³/mol. The largest absolute Gasteiger partial charge is 0.481 e. The van der Waals surface area contributed by atoms with Crippen LogP contribution in [0.5, 0.6) is 0 Å².